The molecular formula is C19H14N2O6. The van der Waals surface area contributed by atoms with E-state index in [1.165, 1.54) is 6.20 Å². The van der Waals surface area contributed by atoms with Crippen molar-refractivity contribution in [1.29, 1.82) is 0 Å². The summed E-state index contributed by atoms with van der Waals surface area (Å²) in [5.41, 5.74) is 2.11. The fourth-order valence-electron chi connectivity index (χ4n) is 3.31. The Kier molecular flexibility index (Phi) is 3.43. The third kappa shape index (κ3) is 2.62. The van der Waals surface area contributed by atoms with E-state index < -0.39 is 11.9 Å². The first kappa shape index (κ1) is 15.6. The van der Waals surface area contributed by atoms with Crippen LogP contribution in [0.1, 0.15) is 22.6 Å². The van der Waals surface area contributed by atoms with Gasteiger partial charge in [-0.25, -0.2) is 4.98 Å². The topological polar surface area (TPSA) is 103 Å². The van der Waals surface area contributed by atoms with Crippen LogP contribution in [0.4, 0.5) is 0 Å². The average molecular weight is 366 g/mol. The lowest BCUT2D eigenvalue weighted by molar-refractivity contribution is 0.173. The van der Waals surface area contributed by atoms with E-state index in [9.17, 15) is 10.2 Å². The molecule has 3 aromatic rings. The Morgan fingerprint density at radius 1 is 0.778 bits per heavy atom. The van der Waals surface area contributed by atoms with E-state index in [2.05, 4.69) is 9.97 Å². The summed E-state index contributed by atoms with van der Waals surface area (Å²) < 4.78 is 21.7. The van der Waals surface area contributed by atoms with Gasteiger partial charge in [0, 0.05) is 17.7 Å². The van der Waals surface area contributed by atoms with Crippen LogP contribution in [-0.2, 0) is 0 Å². The average Bonchev–Trinajstić information content (AvgIpc) is 3.31. The van der Waals surface area contributed by atoms with Gasteiger partial charge < -0.3 is 29.2 Å². The molecule has 2 N–H and O–H groups in total. The zero-order valence-electron chi connectivity index (χ0n) is 14.0. The maximum absolute atomic E-state index is 10.3. The van der Waals surface area contributed by atoms with E-state index in [-0.39, 0.29) is 19.5 Å². The van der Waals surface area contributed by atoms with Crippen molar-refractivity contribution < 1.29 is 29.2 Å². The first-order chi connectivity index (χ1) is 13.2. The molecule has 1 aromatic heterocycles. The highest BCUT2D eigenvalue weighted by Gasteiger charge is 2.26. The minimum atomic E-state index is -0.494. The van der Waals surface area contributed by atoms with Crippen LogP contribution < -0.4 is 18.9 Å². The summed E-state index contributed by atoms with van der Waals surface area (Å²) in [5.74, 6) is 1.84. The van der Waals surface area contributed by atoms with Crippen molar-refractivity contribution >= 4 is 0 Å². The minimum Gasteiger partial charge on any atom is -0.493 e. The highest BCUT2D eigenvalue weighted by Crippen LogP contribution is 2.43. The molecule has 0 saturated carbocycles. The van der Waals surface area contributed by atoms with Crippen LogP contribution in [0.3, 0.4) is 0 Å². The van der Waals surface area contributed by atoms with Crippen molar-refractivity contribution in [2.24, 2.45) is 0 Å². The molecule has 3 heterocycles. The molecule has 0 unspecified atom stereocenters. The van der Waals surface area contributed by atoms with Crippen LogP contribution in [0, 0.1) is 0 Å². The molecular weight excluding hydrogens is 352 g/mol. The Balaban J connectivity index is 1.67. The van der Waals surface area contributed by atoms with Crippen molar-refractivity contribution in [1.82, 2.24) is 9.97 Å². The number of nitrogens with zero attached hydrogens (tertiary/aromatic N) is 2. The molecule has 2 aliphatic rings. The van der Waals surface area contributed by atoms with Gasteiger partial charge in [-0.1, -0.05) is 12.1 Å². The quantitative estimate of drug-likeness (QED) is 0.729. The summed E-state index contributed by atoms with van der Waals surface area (Å²) in [6.07, 6.45) is 1.40. The van der Waals surface area contributed by atoms with Crippen molar-refractivity contribution in [2.75, 3.05) is 13.6 Å². The molecule has 0 radical (unpaired) electrons. The van der Waals surface area contributed by atoms with Crippen LogP contribution >= 0.6 is 0 Å². The van der Waals surface area contributed by atoms with Gasteiger partial charge in [0.2, 0.25) is 19.5 Å². The van der Waals surface area contributed by atoms with Gasteiger partial charge in [0.25, 0.3) is 0 Å². The van der Waals surface area contributed by atoms with Crippen LogP contribution in [-0.4, -0.2) is 33.8 Å². The Morgan fingerprint density at radius 3 is 1.89 bits per heavy atom. The fraction of sp³-hybridized carbons (Fsp3) is 0.158. The van der Waals surface area contributed by atoms with E-state index in [0.717, 1.165) is 11.1 Å². The normalized spacial score (nSPS) is 14.0. The molecule has 136 valence electrons. The second-order valence-electron chi connectivity index (χ2n) is 6.11. The van der Waals surface area contributed by atoms with Crippen LogP contribution in [0.25, 0.3) is 0 Å². The lowest BCUT2D eigenvalue weighted by Gasteiger charge is -2.19. The molecule has 0 bridgehead atoms. The van der Waals surface area contributed by atoms with Gasteiger partial charge in [0.05, 0.1) is 0 Å². The third-order valence-corrected chi connectivity index (χ3v) is 4.55. The molecule has 0 fully saturated rings. The number of ether oxygens (including phenoxy) is 4. The second-order valence-corrected chi connectivity index (χ2v) is 6.11. The molecule has 8 nitrogen and oxygen atoms in total. The molecule has 2 aromatic carbocycles. The van der Waals surface area contributed by atoms with Crippen LogP contribution in [0.15, 0.2) is 42.6 Å². The molecule has 0 spiro atoms. The van der Waals surface area contributed by atoms with E-state index in [0.29, 0.717) is 28.6 Å². The maximum atomic E-state index is 10.3. The lowest BCUT2D eigenvalue weighted by atomic mass is 9.86. The predicted octanol–water partition coefficient (Wildman–Crippen LogP) is 2.53. The second kappa shape index (κ2) is 5.94. The number of fused-ring (bicyclic) bond motifs is 2. The summed E-state index contributed by atoms with van der Waals surface area (Å²) in [5, 5.41) is 19.8. The standard InChI is InChI=1S/C19H14N2O6/c22-18-12(7-20-19(23)21-18)17(10-1-3-13-15(5-10)26-8-24-13)11-2-4-14-16(6-11)27-9-25-14/h1-7,17H,8-9H2,(H2,20,21,22,23). The Hall–Kier alpha value is -3.68. The summed E-state index contributed by atoms with van der Waals surface area (Å²) in [6, 6.07) is 10.6. The van der Waals surface area contributed by atoms with Gasteiger partial charge in [-0.05, 0) is 35.4 Å². The van der Waals surface area contributed by atoms with Gasteiger partial charge >= 0.3 is 6.01 Å². The monoisotopic (exact) mass is 366 g/mol. The van der Waals surface area contributed by atoms with Crippen LogP contribution in [0.2, 0.25) is 0 Å². The zero-order valence-corrected chi connectivity index (χ0v) is 14.0. The molecule has 5 rings (SSSR count). The molecule has 0 aliphatic carbocycles. The summed E-state index contributed by atoms with van der Waals surface area (Å²) >= 11 is 0. The number of rotatable bonds is 3. The molecule has 0 saturated heterocycles. The van der Waals surface area contributed by atoms with E-state index in [1.807, 2.05) is 36.4 Å². The van der Waals surface area contributed by atoms with Gasteiger partial charge in [0.15, 0.2) is 23.0 Å². The highest BCUT2D eigenvalue weighted by atomic mass is 16.7. The number of hydrogen-bond donors (Lipinski definition) is 2. The fourth-order valence-corrected chi connectivity index (χ4v) is 3.31. The van der Waals surface area contributed by atoms with Crippen molar-refractivity contribution in [3.8, 4) is 34.9 Å². The summed E-state index contributed by atoms with van der Waals surface area (Å²) in [6.45, 7) is 0.335. The van der Waals surface area contributed by atoms with Gasteiger partial charge in [0.1, 0.15) is 0 Å². The van der Waals surface area contributed by atoms with Crippen LogP contribution in [0.5, 0.6) is 34.9 Å². The number of hydrogen-bond acceptors (Lipinski definition) is 8. The SMILES string of the molecule is Oc1ncc(C(c2ccc3c(c2)OCO3)c2ccc3c(c2)OCO3)c(O)n1. The molecule has 0 amide bonds. The van der Waals surface area contributed by atoms with Gasteiger partial charge in [-0.3, -0.25) is 0 Å². The Labute approximate surface area is 153 Å². The zero-order chi connectivity index (χ0) is 18.4. The molecule has 0 atom stereocenters. The summed E-state index contributed by atoms with van der Waals surface area (Å²) in [4.78, 5) is 7.51. The number of aromatic hydroxyl groups is 2. The molecule has 27 heavy (non-hydrogen) atoms. The van der Waals surface area contributed by atoms with Crippen molar-refractivity contribution in [2.45, 2.75) is 5.92 Å². The predicted molar refractivity (Wildman–Crippen MR) is 91.4 cm³/mol. The van der Waals surface area contributed by atoms with E-state index >= 15 is 0 Å². The number of aromatic nitrogens is 2. The smallest absolute Gasteiger partial charge is 0.317 e. The summed E-state index contributed by atoms with van der Waals surface area (Å²) in [7, 11) is 0. The minimum absolute atomic E-state index is 0.168. The Morgan fingerprint density at radius 2 is 1.33 bits per heavy atom. The molecule has 8 heteroatoms. The highest BCUT2D eigenvalue weighted by molar-refractivity contribution is 5.55. The first-order valence-electron chi connectivity index (χ1n) is 8.23. The van der Waals surface area contributed by atoms with Gasteiger partial charge in [-0.15, -0.1) is 0 Å². The van der Waals surface area contributed by atoms with E-state index in [4.69, 9.17) is 18.9 Å². The van der Waals surface area contributed by atoms with E-state index in [1.54, 1.807) is 0 Å². The van der Waals surface area contributed by atoms with Crippen molar-refractivity contribution in [3.05, 3.63) is 59.3 Å². The van der Waals surface area contributed by atoms with Crippen molar-refractivity contribution in [3.63, 3.8) is 0 Å². The first-order valence-corrected chi connectivity index (χ1v) is 8.23. The Bertz CT molecular complexity index is 981. The maximum Gasteiger partial charge on any atom is 0.317 e. The molecule has 2 aliphatic heterocycles. The lowest BCUT2D eigenvalue weighted by Crippen LogP contribution is -2.05. The third-order valence-electron chi connectivity index (χ3n) is 4.55. The van der Waals surface area contributed by atoms with Gasteiger partial charge in [-0.2, -0.15) is 4.98 Å². The number of benzene rings is 2. The largest absolute Gasteiger partial charge is 0.493 e.